The van der Waals surface area contributed by atoms with Gasteiger partial charge in [-0.3, -0.25) is 0 Å². The van der Waals surface area contributed by atoms with Gasteiger partial charge in [0.05, 0.1) is 10.0 Å². The molecule has 0 saturated carbocycles. The van der Waals surface area contributed by atoms with Crippen molar-refractivity contribution in [2.75, 3.05) is 5.73 Å². The van der Waals surface area contributed by atoms with Gasteiger partial charge < -0.3 is 10.5 Å². The Morgan fingerprint density at radius 1 is 1.32 bits per heavy atom. The van der Waals surface area contributed by atoms with Crippen molar-refractivity contribution in [3.05, 3.63) is 57.8 Å². The van der Waals surface area contributed by atoms with Gasteiger partial charge >= 0.3 is 0 Å². The molecule has 0 amide bonds. The van der Waals surface area contributed by atoms with Crippen LogP contribution in [0.25, 0.3) is 0 Å². The van der Waals surface area contributed by atoms with E-state index >= 15 is 0 Å². The average Bonchev–Trinajstić information content (AvgIpc) is 2.42. The fraction of sp³-hybridized carbons (Fsp3) is 0.0714. The zero-order chi connectivity index (χ0) is 13.8. The molecule has 0 radical (unpaired) electrons. The molecule has 0 aromatic heterocycles. The Labute approximate surface area is 118 Å². The molecule has 0 heterocycles. The van der Waals surface area contributed by atoms with Crippen LogP contribution in [0.1, 0.15) is 11.1 Å². The fourth-order valence-corrected chi connectivity index (χ4v) is 1.93. The topological polar surface area (TPSA) is 59.0 Å². The lowest BCUT2D eigenvalue weighted by molar-refractivity contribution is 0.304. The van der Waals surface area contributed by atoms with Gasteiger partial charge in [0.2, 0.25) is 0 Å². The molecule has 96 valence electrons. The van der Waals surface area contributed by atoms with Crippen LogP contribution < -0.4 is 10.5 Å². The summed E-state index contributed by atoms with van der Waals surface area (Å²) in [6, 6.07) is 11.4. The van der Waals surface area contributed by atoms with E-state index in [9.17, 15) is 4.39 Å². The monoisotopic (exact) mass is 320 g/mol. The van der Waals surface area contributed by atoms with Gasteiger partial charge in [-0.1, -0.05) is 12.1 Å². The second-order valence-electron chi connectivity index (χ2n) is 3.87. The number of anilines is 1. The Balaban J connectivity index is 2.15. The molecule has 5 heteroatoms. The van der Waals surface area contributed by atoms with Crippen LogP contribution in [0.2, 0.25) is 0 Å². The summed E-state index contributed by atoms with van der Waals surface area (Å²) >= 11 is 3.33. The molecule has 0 spiro atoms. The number of benzene rings is 2. The first-order valence-corrected chi connectivity index (χ1v) is 6.26. The molecule has 2 aromatic rings. The Morgan fingerprint density at radius 2 is 2.11 bits per heavy atom. The fourth-order valence-electron chi connectivity index (χ4n) is 1.55. The quantitative estimate of drug-likeness (QED) is 0.879. The summed E-state index contributed by atoms with van der Waals surface area (Å²) in [6.45, 7) is 0.233. The van der Waals surface area contributed by atoms with Crippen LogP contribution in [0.3, 0.4) is 0 Å². The summed E-state index contributed by atoms with van der Waals surface area (Å²) in [5, 5.41) is 8.75. The van der Waals surface area contributed by atoms with Crippen molar-refractivity contribution >= 4 is 21.6 Å². The summed E-state index contributed by atoms with van der Waals surface area (Å²) in [7, 11) is 0. The number of hydrogen-bond donors (Lipinski definition) is 1. The van der Waals surface area contributed by atoms with Gasteiger partial charge in [-0.2, -0.15) is 5.26 Å². The van der Waals surface area contributed by atoms with E-state index in [1.54, 1.807) is 30.3 Å². The molecule has 2 rings (SSSR count). The van der Waals surface area contributed by atoms with E-state index in [4.69, 9.17) is 15.7 Å². The number of halogens is 2. The first-order valence-electron chi connectivity index (χ1n) is 5.47. The molecule has 0 unspecified atom stereocenters. The number of rotatable bonds is 3. The Bertz CT molecular complexity index is 652. The minimum atomic E-state index is -0.531. The van der Waals surface area contributed by atoms with E-state index in [0.29, 0.717) is 21.5 Å². The number of ether oxygens (including phenoxy) is 1. The second-order valence-corrected chi connectivity index (χ2v) is 4.67. The predicted octanol–water partition coefficient (Wildman–Crippen LogP) is 3.62. The third-order valence-electron chi connectivity index (χ3n) is 2.54. The molecule has 0 saturated heterocycles. The number of nitrogens with zero attached hydrogens (tertiary/aromatic N) is 1. The van der Waals surface area contributed by atoms with Gasteiger partial charge in [-0.05, 0) is 45.8 Å². The molecule has 3 nitrogen and oxygen atoms in total. The minimum Gasteiger partial charge on any atom is -0.488 e. The van der Waals surface area contributed by atoms with E-state index < -0.39 is 5.82 Å². The van der Waals surface area contributed by atoms with E-state index in [1.807, 2.05) is 0 Å². The number of nitrogen functional groups attached to an aromatic ring is 1. The molecule has 0 bridgehead atoms. The third kappa shape index (κ3) is 3.04. The van der Waals surface area contributed by atoms with Gasteiger partial charge in [-0.15, -0.1) is 0 Å². The first-order chi connectivity index (χ1) is 9.11. The number of nitrogens with two attached hydrogens (primary N) is 1. The van der Waals surface area contributed by atoms with Crippen LogP contribution in [-0.2, 0) is 6.61 Å². The molecule has 0 atom stereocenters. The smallest absolute Gasteiger partial charge is 0.140 e. The van der Waals surface area contributed by atoms with E-state index in [1.165, 1.54) is 12.1 Å². The van der Waals surface area contributed by atoms with Crippen molar-refractivity contribution < 1.29 is 9.13 Å². The van der Waals surface area contributed by atoms with Gasteiger partial charge in [0.1, 0.15) is 24.2 Å². The maximum Gasteiger partial charge on any atom is 0.140 e. The minimum absolute atomic E-state index is 0.00717. The molecule has 0 aliphatic carbocycles. The predicted molar refractivity (Wildman–Crippen MR) is 74.0 cm³/mol. The van der Waals surface area contributed by atoms with Gasteiger partial charge in [0.15, 0.2) is 0 Å². The summed E-state index contributed by atoms with van der Waals surface area (Å²) in [5.74, 6) is 0.0687. The Kier molecular flexibility index (Phi) is 4.03. The summed E-state index contributed by atoms with van der Waals surface area (Å²) in [6.07, 6.45) is 0. The van der Waals surface area contributed by atoms with Crippen LogP contribution in [0.4, 0.5) is 10.1 Å². The lowest BCUT2D eigenvalue weighted by atomic mass is 10.1. The Hall–Kier alpha value is -2.06. The molecule has 0 fully saturated rings. The molecule has 2 aromatic carbocycles. The van der Waals surface area contributed by atoms with Crippen LogP contribution in [0, 0.1) is 17.1 Å². The molecular weight excluding hydrogens is 311 g/mol. The van der Waals surface area contributed by atoms with Crippen molar-refractivity contribution in [2.45, 2.75) is 6.61 Å². The van der Waals surface area contributed by atoms with Crippen LogP contribution in [-0.4, -0.2) is 0 Å². The van der Waals surface area contributed by atoms with Crippen LogP contribution in [0.5, 0.6) is 5.75 Å². The van der Waals surface area contributed by atoms with E-state index in [0.717, 1.165) is 0 Å². The standard InChI is InChI=1S/C14H10BrFN2O/c15-14-12(18)2-1-3-13(14)19-8-9-4-5-11(16)10(6-9)7-17/h1-6H,8,18H2. The average molecular weight is 321 g/mol. The molecule has 0 aliphatic rings. The highest BCUT2D eigenvalue weighted by Gasteiger charge is 2.06. The largest absolute Gasteiger partial charge is 0.488 e. The summed E-state index contributed by atoms with van der Waals surface area (Å²) < 4.78 is 19.4. The highest BCUT2D eigenvalue weighted by molar-refractivity contribution is 9.10. The first kappa shape index (κ1) is 13.4. The van der Waals surface area contributed by atoms with Crippen molar-refractivity contribution in [1.29, 1.82) is 5.26 Å². The lowest BCUT2D eigenvalue weighted by Crippen LogP contribution is -1.98. The van der Waals surface area contributed by atoms with Crippen molar-refractivity contribution in [3.63, 3.8) is 0 Å². The molecular formula is C14H10BrFN2O. The van der Waals surface area contributed by atoms with Crippen LogP contribution in [0.15, 0.2) is 40.9 Å². The number of nitriles is 1. The zero-order valence-electron chi connectivity index (χ0n) is 9.86. The zero-order valence-corrected chi connectivity index (χ0v) is 11.4. The highest BCUT2D eigenvalue weighted by Crippen LogP contribution is 2.30. The number of hydrogen-bond acceptors (Lipinski definition) is 3. The second kappa shape index (κ2) is 5.72. The molecule has 19 heavy (non-hydrogen) atoms. The third-order valence-corrected chi connectivity index (χ3v) is 3.39. The normalized spacial score (nSPS) is 9.95. The van der Waals surface area contributed by atoms with E-state index in [2.05, 4.69) is 15.9 Å². The maximum absolute atomic E-state index is 13.2. The summed E-state index contributed by atoms with van der Waals surface area (Å²) in [5.41, 5.74) is 7.04. The lowest BCUT2D eigenvalue weighted by Gasteiger charge is -2.10. The van der Waals surface area contributed by atoms with E-state index in [-0.39, 0.29) is 12.2 Å². The maximum atomic E-state index is 13.2. The SMILES string of the molecule is N#Cc1cc(COc2cccc(N)c2Br)ccc1F. The van der Waals surface area contributed by atoms with Crippen LogP contribution >= 0.6 is 15.9 Å². The highest BCUT2D eigenvalue weighted by atomic mass is 79.9. The summed E-state index contributed by atoms with van der Waals surface area (Å²) in [4.78, 5) is 0. The van der Waals surface area contributed by atoms with Crippen molar-refractivity contribution in [3.8, 4) is 11.8 Å². The van der Waals surface area contributed by atoms with Gasteiger partial charge in [-0.25, -0.2) is 4.39 Å². The van der Waals surface area contributed by atoms with Gasteiger partial charge in [0.25, 0.3) is 0 Å². The van der Waals surface area contributed by atoms with Gasteiger partial charge in [0, 0.05) is 5.69 Å². The molecule has 2 N–H and O–H groups in total. The Morgan fingerprint density at radius 3 is 2.84 bits per heavy atom. The van der Waals surface area contributed by atoms with Crippen molar-refractivity contribution in [2.24, 2.45) is 0 Å². The molecule has 0 aliphatic heterocycles. The van der Waals surface area contributed by atoms with Crippen molar-refractivity contribution in [1.82, 2.24) is 0 Å².